The Balaban J connectivity index is 2.21. The molecule has 112 valence electrons. The molecule has 21 heavy (non-hydrogen) atoms. The van der Waals surface area contributed by atoms with E-state index in [9.17, 15) is 0 Å². The number of hydrogen-bond acceptors (Lipinski definition) is 3. The Hall–Kier alpha value is -1.39. The monoisotopic (exact) mass is 369 g/mol. The van der Waals surface area contributed by atoms with Crippen LogP contribution < -0.4 is 14.8 Å². The van der Waals surface area contributed by atoms with Crippen LogP contribution in [0.1, 0.15) is 11.1 Å². The predicted molar refractivity (Wildman–Crippen MR) is 90.8 cm³/mol. The van der Waals surface area contributed by atoms with E-state index >= 15 is 0 Å². The van der Waals surface area contributed by atoms with Crippen LogP contribution in [-0.4, -0.2) is 14.2 Å². The molecule has 0 fully saturated rings. The highest BCUT2D eigenvalue weighted by molar-refractivity contribution is 9.10. The Morgan fingerprint density at radius 1 is 1.10 bits per heavy atom. The molecule has 2 aromatic rings. The number of rotatable bonds is 5. The normalized spacial score (nSPS) is 10.3. The lowest BCUT2D eigenvalue weighted by atomic mass is 10.1. The fourth-order valence-electron chi connectivity index (χ4n) is 2.04. The van der Waals surface area contributed by atoms with Crippen LogP contribution in [0.15, 0.2) is 34.8 Å². The minimum Gasteiger partial charge on any atom is -0.493 e. The van der Waals surface area contributed by atoms with Gasteiger partial charge in [0, 0.05) is 27.8 Å². The highest BCUT2D eigenvalue weighted by Crippen LogP contribution is 2.33. The maximum Gasteiger partial charge on any atom is 0.162 e. The topological polar surface area (TPSA) is 30.5 Å². The van der Waals surface area contributed by atoms with Crippen molar-refractivity contribution in [2.75, 3.05) is 19.5 Å². The molecule has 0 aliphatic carbocycles. The van der Waals surface area contributed by atoms with Crippen molar-refractivity contribution in [1.82, 2.24) is 0 Å². The Morgan fingerprint density at radius 2 is 1.76 bits per heavy atom. The van der Waals surface area contributed by atoms with E-state index in [1.165, 1.54) is 0 Å². The van der Waals surface area contributed by atoms with E-state index in [2.05, 4.69) is 21.2 Å². The Kier molecular flexibility index (Phi) is 5.37. The van der Waals surface area contributed by atoms with Gasteiger partial charge in [-0.3, -0.25) is 0 Å². The van der Waals surface area contributed by atoms with Crippen molar-refractivity contribution in [2.24, 2.45) is 0 Å². The summed E-state index contributed by atoms with van der Waals surface area (Å²) in [5.41, 5.74) is 3.18. The molecule has 0 heterocycles. The molecule has 3 nitrogen and oxygen atoms in total. The molecule has 0 saturated heterocycles. The van der Waals surface area contributed by atoms with Crippen LogP contribution in [0.3, 0.4) is 0 Å². The summed E-state index contributed by atoms with van der Waals surface area (Å²) in [5.74, 6) is 1.43. The number of anilines is 1. The second-order valence-corrected chi connectivity index (χ2v) is 5.90. The van der Waals surface area contributed by atoms with Gasteiger partial charge < -0.3 is 14.8 Å². The van der Waals surface area contributed by atoms with Gasteiger partial charge >= 0.3 is 0 Å². The molecule has 0 aromatic heterocycles. The molecule has 0 saturated carbocycles. The second kappa shape index (κ2) is 7.05. The lowest BCUT2D eigenvalue weighted by Gasteiger charge is -2.15. The van der Waals surface area contributed by atoms with E-state index in [4.69, 9.17) is 21.1 Å². The zero-order valence-corrected chi connectivity index (χ0v) is 14.5. The van der Waals surface area contributed by atoms with Gasteiger partial charge in [0.25, 0.3) is 0 Å². The van der Waals surface area contributed by atoms with Gasteiger partial charge in [-0.1, -0.05) is 27.5 Å². The van der Waals surface area contributed by atoms with Crippen LogP contribution in [0.25, 0.3) is 0 Å². The van der Waals surface area contributed by atoms with E-state index in [0.29, 0.717) is 12.3 Å². The minimum absolute atomic E-state index is 0.664. The van der Waals surface area contributed by atoms with Crippen molar-refractivity contribution in [2.45, 2.75) is 13.5 Å². The van der Waals surface area contributed by atoms with Crippen molar-refractivity contribution >= 4 is 33.2 Å². The van der Waals surface area contributed by atoms with E-state index in [0.717, 1.165) is 32.1 Å². The number of methoxy groups -OCH3 is 2. The minimum atomic E-state index is 0.664. The molecule has 0 unspecified atom stereocenters. The summed E-state index contributed by atoms with van der Waals surface area (Å²) >= 11 is 9.56. The van der Waals surface area contributed by atoms with Crippen molar-refractivity contribution in [3.05, 3.63) is 51.0 Å². The molecule has 0 amide bonds. The summed E-state index contributed by atoms with van der Waals surface area (Å²) in [6, 6.07) is 9.63. The van der Waals surface area contributed by atoms with E-state index in [-0.39, 0.29) is 0 Å². The molecule has 1 N–H and O–H groups in total. The van der Waals surface area contributed by atoms with Crippen LogP contribution >= 0.6 is 27.5 Å². The van der Waals surface area contributed by atoms with Crippen LogP contribution in [0.4, 0.5) is 5.69 Å². The van der Waals surface area contributed by atoms with E-state index in [1.54, 1.807) is 14.2 Å². The van der Waals surface area contributed by atoms with E-state index < -0.39 is 0 Å². The first-order valence-electron chi connectivity index (χ1n) is 6.45. The van der Waals surface area contributed by atoms with Crippen molar-refractivity contribution in [3.63, 3.8) is 0 Å². The van der Waals surface area contributed by atoms with Gasteiger partial charge in [-0.15, -0.1) is 0 Å². The standard InChI is InChI=1S/C16H17BrClNO2/c1-10-6-15(20-2)16(21-3)8-14(10)19-9-11-7-12(18)4-5-13(11)17/h4-8,19H,9H2,1-3H3. The summed E-state index contributed by atoms with van der Waals surface area (Å²) in [7, 11) is 3.26. The van der Waals surface area contributed by atoms with Gasteiger partial charge in [-0.05, 0) is 42.3 Å². The first-order valence-corrected chi connectivity index (χ1v) is 7.62. The Labute approximate surface area is 138 Å². The molecular formula is C16H17BrClNO2. The first kappa shape index (κ1) is 16.0. The lowest BCUT2D eigenvalue weighted by Crippen LogP contribution is -2.03. The number of hydrogen-bond donors (Lipinski definition) is 1. The third kappa shape index (κ3) is 3.83. The smallest absolute Gasteiger partial charge is 0.162 e. The molecule has 0 aliphatic heterocycles. The average molecular weight is 371 g/mol. The van der Waals surface area contributed by atoms with Crippen molar-refractivity contribution in [3.8, 4) is 11.5 Å². The van der Waals surface area contributed by atoms with Crippen LogP contribution in [0.5, 0.6) is 11.5 Å². The SMILES string of the molecule is COc1cc(C)c(NCc2cc(Cl)ccc2Br)cc1OC. The molecule has 0 radical (unpaired) electrons. The van der Waals surface area contributed by atoms with Gasteiger partial charge in [0.05, 0.1) is 14.2 Å². The van der Waals surface area contributed by atoms with Crippen LogP contribution in [-0.2, 0) is 6.54 Å². The van der Waals surface area contributed by atoms with Crippen molar-refractivity contribution in [1.29, 1.82) is 0 Å². The zero-order chi connectivity index (χ0) is 15.4. The van der Waals surface area contributed by atoms with Gasteiger partial charge in [0.15, 0.2) is 11.5 Å². The molecule has 0 atom stereocenters. The van der Waals surface area contributed by atoms with Gasteiger partial charge in [0.2, 0.25) is 0 Å². The summed E-state index contributed by atoms with van der Waals surface area (Å²) in [6.07, 6.45) is 0. The molecule has 5 heteroatoms. The fraction of sp³-hybridized carbons (Fsp3) is 0.250. The number of benzene rings is 2. The highest BCUT2D eigenvalue weighted by atomic mass is 79.9. The largest absolute Gasteiger partial charge is 0.493 e. The number of halogens is 2. The molecule has 0 aliphatic rings. The summed E-state index contributed by atoms with van der Waals surface area (Å²) < 4.78 is 11.6. The summed E-state index contributed by atoms with van der Waals surface area (Å²) in [4.78, 5) is 0. The first-order chi connectivity index (χ1) is 10.0. The third-order valence-electron chi connectivity index (χ3n) is 3.21. The van der Waals surface area contributed by atoms with E-state index in [1.807, 2.05) is 37.3 Å². The van der Waals surface area contributed by atoms with Gasteiger partial charge in [-0.2, -0.15) is 0 Å². The van der Waals surface area contributed by atoms with Gasteiger partial charge in [0.1, 0.15) is 0 Å². The lowest BCUT2D eigenvalue weighted by molar-refractivity contribution is 0.355. The third-order valence-corrected chi connectivity index (χ3v) is 4.22. The molecular weight excluding hydrogens is 354 g/mol. The second-order valence-electron chi connectivity index (χ2n) is 4.61. The molecule has 2 aromatic carbocycles. The number of nitrogens with one attached hydrogen (secondary N) is 1. The predicted octanol–water partition coefficient (Wildman–Crippen LogP) is 5.04. The summed E-state index contributed by atoms with van der Waals surface area (Å²) in [5, 5.41) is 4.12. The Morgan fingerprint density at radius 3 is 2.43 bits per heavy atom. The van der Waals surface area contributed by atoms with Crippen LogP contribution in [0, 0.1) is 6.92 Å². The van der Waals surface area contributed by atoms with Crippen LogP contribution in [0.2, 0.25) is 5.02 Å². The fourth-order valence-corrected chi connectivity index (χ4v) is 2.62. The number of aryl methyl sites for hydroxylation is 1. The molecule has 0 bridgehead atoms. The number of ether oxygens (including phenoxy) is 2. The molecule has 0 spiro atoms. The quantitative estimate of drug-likeness (QED) is 0.800. The average Bonchev–Trinajstić information content (AvgIpc) is 2.48. The summed E-state index contributed by atoms with van der Waals surface area (Å²) in [6.45, 7) is 2.69. The molecule has 2 rings (SSSR count). The van der Waals surface area contributed by atoms with Gasteiger partial charge in [-0.25, -0.2) is 0 Å². The van der Waals surface area contributed by atoms with Crippen molar-refractivity contribution < 1.29 is 9.47 Å². The highest BCUT2D eigenvalue weighted by Gasteiger charge is 2.09. The Bertz CT molecular complexity index is 646. The maximum absolute atomic E-state index is 6.03. The maximum atomic E-state index is 6.03. The zero-order valence-electron chi connectivity index (χ0n) is 12.2.